The number of rotatable bonds is 5. The normalized spacial score (nSPS) is 25.7. The first-order valence-electron chi connectivity index (χ1n) is 6.83. The number of carbonyl (C=O) groups is 2. The summed E-state index contributed by atoms with van der Waals surface area (Å²) in [5, 5.41) is 11.9. The number of hydrogen-bond acceptors (Lipinski definition) is 4. The van der Waals surface area contributed by atoms with Crippen LogP contribution in [0.15, 0.2) is 0 Å². The number of carboxylic acids is 1. The maximum Gasteiger partial charge on any atom is 0.329 e. The van der Waals surface area contributed by atoms with E-state index in [2.05, 4.69) is 5.32 Å². The van der Waals surface area contributed by atoms with Crippen LogP contribution in [0.3, 0.4) is 0 Å². The van der Waals surface area contributed by atoms with Crippen LogP contribution in [0.4, 0.5) is 0 Å². The van der Waals surface area contributed by atoms with Crippen molar-refractivity contribution in [1.82, 2.24) is 10.2 Å². The van der Waals surface area contributed by atoms with Gasteiger partial charge in [0.05, 0.1) is 13.1 Å². The molecule has 0 bridgehead atoms. The molecule has 0 spiro atoms. The highest BCUT2D eigenvalue weighted by molar-refractivity contribution is 5.77. The van der Waals surface area contributed by atoms with E-state index < -0.39 is 11.6 Å². The molecule has 1 unspecified atom stereocenters. The number of piperidine rings is 1. The van der Waals surface area contributed by atoms with Gasteiger partial charge in [0.25, 0.3) is 0 Å². The van der Waals surface area contributed by atoms with Gasteiger partial charge in [-0.05, 0) is 38.8 Å². The number of aliphatic carboxylic acids is 1. The van der Waals surface area contributed by atoms with Gasteiger partial charge in [-0.3, -0.25) is 4.79 Å². The molecule has 108 valence electrons. The second-order valence-corrected chi connectivity index (χ2v) is 5.80. The lowest BCUT2D eigenvalue weighted by molar-refractivity contribution is -0.173. The van der Waals surface area contributed by atoms with Gasteiger partial charge in [-0.25, -0.2) is 4.79 Å². The molecule has 6 heteroatoms. The Morgan fingerprint density at radius 1 is 1.47 bits per heavy atom. The summed E-state index contributed by atoms with van der Waals surface area (Å²) in [5.74, 6) is -0.377. The molecule has 19 heavy (non-hydrogen) atoms. The summed E-state index contributed by atoms with van der Waals surface area (Å²) in [6, 6.07) is 0. The highest BCUT2D eigenvalue weighted by Crippen LogP contribution is 2.26. The predicted octanol–water partition coefficient (Wildman–Crippen LogP) is 0.0782. The number of carboxylic acid groups (broad SMARTS) is 1. The average molecular weight is 270 g/mol. The Morgan fingerprint density at radius 3 is 2.79 bits per heavy atom. The standard InChI is InChI=1S/C13H22N2O4/c1-13(19-7-12(17)18)8-15(9-13)11(16)5-10-3-2-4-14-6-10/h10,14H,2-9H2,1H3,(H,17,18). The van der Waals surface area contributed by atoms with Crippen molar-refractivity contribution in [2.45, 2.75) is 31.8 Å². The second-order valence-electron chi connectivity index (χ2n) is 5.80. The van der Waals surface area contributed by atoms with E-state index >= 15 is 0 Å². The Morgan fingerprint density at radius 2 is 2.21 bits per heavy atom. The van der Waals surface area contributed by atoms with E-state index in [1.165, 1.54) is 0 Å². The number of nitrogens with zero attached hydrogens (tertiary/aromatic N) is 1. The van der Waals surface area contributed by atoms with E-state index in [0.717, 1.165) is 25.9 Å². The number of ether oxygens (including phenoxy) is 1. The summed E-state index contributed by atoms with van der Waals surface area (Å²) in [5.41, 5.74) is -0.487. The molecule has 2 aliphatic rings. The molecule has 0 saturated carbocycles. The van der Waals surface area contributed by atoms with Crippen LogP contribution < -0.4 is 5.32 Å². The summed E-state index contributed by atoms with van der Waals surface area (Å²) >= 11 is 0. The van der Waals surface area contributed by atoms with Crippen LogP contribution in [0.2, 0.25) is 0 Å². The van der Waals surface area contributed by atoms with Crippen molar-refractivity contribution in [2.75, 3.05) is 32.8 Å². The molecule has 1 atom stereocenters. The van der Waals surface area contributed by atoms with E-state index in [9.17, 15) is 9.59 Å². The molecule has 0 aromatic rings. The van der Waals surface area contributed by atoms with Crippen LogP contribution in [-0.4, -0.2) is 60.3 Å². The molecular weight excluding hydrogens is 248 g/mol. The van der Waals surface area contributed by atoms with Crippen molar-refractivity contribution >= 4 is 11.9 Å². The fourth-order valence-electron chi connectivity index (χ4n) is 2.74. The molecular formula is C13H22N2O4. The minimum atomic E-state index is -0.973. The highest BCUT2D eigenvalue weighted by atomic mass is 16.5. The van der Waals surface area contributed by atoms with Gasteiger partial charge < -0.3 is 20.1 Å². The van der Waals surface area contributed by atoms with Gasteiger partial charge in [-0.15, -0.1) is 0 Å². The Balaban J connectivity index is 1.70. The van der Waals surface area contributed by atoms with Crippen LogP contribution in [-0.2, 0) is 14.3 Å². The van der Waals surface area contributed by atoms with Crippen LogP contribution >= 0.6 is 0 Å². The van der Waals surface area contributed by atoms with Crippen LogP contribution in [0.25, 0.3) is 0 Å². The van der Waals surface area contributed by atoms with E-state index in [1.807, 2.05) is 6.92 Å². The molecule has 2 aliphatic heterocycles. The SMILES string of the molecule is CC1(OCC(=O)O)CN(C(=O)CC2CCCNC2)C1. The fraction of sp³-hybridized carbons (Fsp3) is 0.846. The van der Waals surface area contributed by atoms with Crippen molar-refractivity contribution in [2.24, 2.45) is 5.92 Å². The van der Waals surface area contributed by atoms with Gasteiger partial charge in [-0.2, -0.15) is 0 Å². The summed E-state index contributed by atoms with van der Waals surface area (Å²) in [6.45, 7) is 4.52. The molecule has 1 amide bonds. The Labute approximate surface area is 113 Å². The first-order valence-corrected chi connectivity index (χ1v) is 6.83. The lowest BCUT2D eigenvalue weighted by Gasteiger charge is -2.47. The molecule has 2 N–H and O–H groups in total. The van der Waals surface area contributed by atoms with Crippen molar-refractivity contribution in [1.29, 1.82) is 0 Å². The van der Waals surface area contributed by atoms with Crippen LogP contribution in [0, 0.1) is 5.92 Å². The fourth-order valence-corrected chi connectivity index (χ4v) is 2.74. The Bertz CT molecular complexity index is 347. The van der Waals surface area contributed by atoms with Crippen LogP contribution in [0.5, 0.6) is 0 Å². The summed E-state index contributed by atoms with van der Waals surface area (Å²) < 4.78 is 5.29. The van der Waals surface area contributed by atoms with E-state index in [0.29, 0.717) is 25.4 Å². The van der Waals surface area contributed by atoms with Gasteiger partial charge in [0.2, 0.25) is 5.91 Å². The first kappa shape index (κ1) is 14.3. The topological polar surface area (TPSA) is 78.9 Å². The molecule has 0 radical (unpaired) electrons. The quantitative estimate of drug-likeness (QED) is 0.739. The summed E-state index contributed by atoms with van der Waals surface area (Å²) in [7, 11) is 0. The molecule has 2 fully saturated rings. The largest absolute Gasteiger partial charge is 0.480 e. The smallest absolute Gasteiger partial charge is 0.329 e. The third-order valence-electron chi connectivity index (χ3n) is 3.81. The number of hydrogen-bond donors (Lipinski definition) is 2. The number of carbonyl (C=O) groups excluding carboxylic acids is 1. The Hall–Kier alpha value is -1.14. The summed E-state index contributed by atoms with van der Waals surface area (Å²) in [4.78, 5) is 24.3. The number of nitrogens with one attached hydrogen (secondary N) is 1. The number of amides is 1. The lowest BCUT2D eigenvalue weighted by atomic mass is 9.92. The maximum atomic E-state index is 12.0. The van der Waals surface area contributed by atoms with E-state index in [4.69, 9.17) is 9.84 Å². The zero-order valence-corrected chi connectivity index (χ0v) is 11.4. The second kappa shape index (κ2) is 5.88. The first-order chi connectivity index (χ1) is 8.98. The molecule has 2 heterocycles. The van der Waals surface area contributed by atoms with Crippen molar-refractivity contribution in [3.8, 4) is 0 Å². The van der Waals surface area contributed by atoms with Crippen molar-refractivity contribution < 1.29 is 19.4 Å². The van der Waals surface area contributed by atoms with Gasteiger partial charge in [0.15, 0.2) is 0 Å². The summed E-state index contributed by atoms with van der Waals surface area (Å²) in [6.07, 6.45) is 2.83. The van der Waals surface area contributed by atoms with Crippen LogP contribution in [0.1, 0.15) is 26.2 Å². The minimum Gasteiger partial charge on any atom is -0.480 e. The van der Waals surface area contributed by atoms with E-state index in [1.54, 1.807) is 4.90 Å². The van der Waals surface area contributed by atoms with E-state index in [-0.39, 0.29) is 12.5 Å². The highest BCUT2D eigenvalue weighted by Gasteiger charge is 2.42. The molecule has 0 aliphatic carbocycles. The predicted molar refractivity (Wildman–Crippen MR) is 68.8 cm³/mol. The lowest BCUT2D eigenvalue weighted by Crippen LogP contribution is -2.63. The minimum absolute atomic E-state index is 0.158. The number of likely N-dealkylation sites (tertiary alicyclic amines) is 1. The molecule has 0 aromatic carbocycles. The van der Waals surface area contributed by atoms with Gasteiger partial charge >= 0.3 is 5.97 Å². The van der Waals surface area contributed by atoms with Gasteiger partial charge in [-0.1, -0.05) is 0 Å². The zero-order chi connectivity index (χ0) is 13.9. The molecule has 2 saturated heterocycles. The molecule has 6 nitrogen and oxygen atoms in total. The van der Waals surface area contributed by atoms with Gasteiger partial charge in [0.1, 0.15) is 12.2 Å². The zero-order valence-electron chi connectivity index (χ0n) is 11.4. The molecule has 2 rings (SSSR count). The third kappa shape index (κ3) is 3.91. The monoisotopic (exact) mass is 270 g/mol. The molecule has 0 aromatic heterocycles. The third-order valence-corrected chi connectivity index (χ3v) is 3.81. The average Bonchev–Trinajstić information content (AvgIpc) is 2.34. The maximum absolute atomic E-state index is 12.0. The Kier molecular flexibility index (Phi) is 4.42. The van der Waals surface area contributed by atoms with Crippen molar-refractivity contribution in [3.05, 3.63) is 0 Å². The van der Waals surface area contributed by atoms with Crippen molar-refractivity contribution in [3.63, 3.8) is 0 Å². The van der Waals surface area contributed by atoms with Gasteiger partial charge in [0, 0.05) is 6.42 Å².